The standard InChI is InChI=1S/C23H23N/c1-19(17-20-9-5-3-6-10-20)18-21-13-15-23(16-14-21)24(2)22-11-7-4-8-12-22/h3-16,18H,17H2,1-2H3/b19-18+. The van der Waals surface area contributed by atoms with Gasteiger partial charge >= 0.3 is 0 Å². The highest BCUT2D eigenvalue weighted by Crippen LogP contribution is 2.24. The highest BCUT2D eigenvalue weighted by Gasteiger charge is 2.03. The lowest BCUT2D eigenvalue weighted by molar-refractivity contribution is 1.16. The molecule has 0 aliphatic rings. The molecule has 0 saturated heterocycles. The molecule has 1 heteroatoms. The minimum absolute atomic E-state index is 0.993. The van der Waals surface area contributed by atoms with Crippen LogP contribution >= 0.6 is 0 Å². The Morgan fingerprint density at radius 2 is 1.29 bits per heavy atom. The van der Waals surface area contributed by atoms with E-state index in [0.717, 1.165) is 6.42 Å². The van der Waals surface area contributed by atoms with Crippen molar-refractivity contribution in [2.24, 2.45) is 0 Å². The SMILES string of the molecule is C/C(=C\c1ccc(N(C)c2ccccc2)cc1)Cc1ccccc1. The van der Waals surface area contributed by atoms with Gasteiger partial charge in [-0.05, 0) is 48.7 Å². The van der Waals surface area contributed by atoms with Crippen LogP contribution in [0, 0.1) is 0 Å². The van der Waals surface area contributed by atoms with Gasteiger partial charge in [0.25, 0.3) is 0 Å². The highest BCUT2D eigenvalue weighted by molar-refractivity contribution is 5.65. The van der Waals surface area contributed by atoms with E-state index >= 15 is 0 Å². The molecule has 0 aromatic heterocycles. The fourth-order valence-corrected chi connectivity index (χ4v) is 2.85. The van der Waals surface area contributed by atoms with E-state index in [1.165, 1.54) is 28.1 Å². The first-order valence-electron chi connectivity index (χ1n) is 8.32. The lowest BCUT2D eigenvalue weighted by Crippen LogP contribution is -2.08. The van der Waals surface area contributed by atoms with Gasteiger partial charge in [0.15, 0.2) is 0 Å². The third-order valence-electron chi connectivity index (χ3n) is 4.16. The maximum absolute atomic E-state index is 2.26. The molecule has 3 aromatic rings. The predicted octanol–water partition coefficient (Wildman–Crippen LogP) is 6.10. The summed E-state index contributed by atoms with van der Waals surface area (Å²) in [4.78, 5) is 2.20. The van der Waals surface area contributed by atoms with Crippen molar-refractivity contribution in [2.75, 3.05) is 11.9 Å². The minimum Gasteiger partial charge on any atom is -0.345 e. The number of rotatable bonds is 5. The molecule has 0 spiro atoms. The summed E-state index contributed by atoms with van der Waals surface area (Å²) in [6.45, 7) is 2.19. The number of hydrogen-bond acceptors (Lipinski definition) is 1. The molecule has 0 aliphatic heterocycles. The maximum atomic E-state index is 2.26. The van der Waals surface area contributed by atoms with E-state index in [-0.39, 0.29) is 0 Å². The number of benzene rings is 3. The first kappa shape index (κ1) is 16.1. The Morgan fingerprint density at radius 1 is 0.750 bits per heavy atom. The van der Waals surface area contributed by atoms with Gasteiger partial charge in [0.1, 0.15) is 0 Å². The van der Waals surface area contributed by atoms with Gasteiger partial charge in [-0.25, -0.2) is 0 Å². The van der Waals surface area contributed by atoms with Crippen LogP contribution in [0.3, 0.4) is 0 Å². The van der Waals surface area contributed by atoms with Crippen LogP contribution in [0.15, 0.2) is 90.5 Å². The second-order valence-electron chi connectivity index (χ2n) is 6.14. The third-order valence-corrected chi connectivity index (χ3v) is 4.16. The lowest BCUT2D eigenvalue weighted by Gasteiger charge is -2.19. The molecule has 0 fully saturated rings. The van der Waals surface area contributed by atoms with Crippen LogP contribution in [0.25, 0.3) is 6.08 Å². The summed E-state index contributed by atoms with van der Waals surface area (Å²) < 4.78 is 0. The van der Waals surface area contributed by atoms with Crippen LogP contribution in [0.4, 0.5) is 11.4 Å². The van der Waals surface area contributed by atoms with Gasteiger partial charge in [-0.1, -0.05) is 72.3 Å². The van der Waals surface area contributed by atoms with Crippen molar-refractivity contribution in [3.8, 4) is 0 Å². The largest absolute Gasteiger partial charge is 0.345 e. The second-order valence-corrected chi connectivity index (χ2v) is 6.14. The van der Waals surface area contributed by atoms with E-state index in [2.05, 4.69) is 104 Å². The topological polar surface area (TPSA) is 3.24 Å². The third kappa shape index (κ3) is 4.14. The molecule has 1 nitrogen and oxygen atoms in total. The number of allylic oxidation sites excluding steroid dienone is 1. The molecule has 0 atom stereocenters. The molecule has 0 heterocycles. The molecule has 3 aromatic carbocycles. The summed E-state index contributed by atoms with van der Waals surface area (Å²) in [5.74, 6) is 0. The average molecular weight is 313 g/mol. The minimum atomic E-state index is 0.993. The summed E-state index contributed by atoms with van der Waals surface area (Å²) in [5, 5.41) is 0. The quantitative estimate of drug-likeness (QED) is 0.550. The molecule has 120 valence electrons. The van der Waals surface area contributed by atoms with E-state index in [0.29, 0.717) is 0 Å². The second kappa shape index (κ2) is 7.65. The molecule has 0 unspecified atom stereocenters. The van der Waals surface area contributed by atoms with Crippen molar-refractivity contribution in [3.05, 3.63) is 102 Å². The number of hydrogen-bond donors (Lipinski definition) is 0. The first-order valence-corrected chi connectivity index (χ1v) is 8.32. The van der Waals surface area contributed by atoms with Crippen LogP contribution in [0.1, 0.15) is 18.1 Å². The zero-order valence-electron chi connectivity index (χ0n) is 14.3. The van der Waals surface area contributed by atoms with Gasteiger partial charge in [0, 0.05) is 18.4 Å². The Morgan fingerprint density at radius 3 is 1.92 bits per heavy atom. The zero-order chi connectivity index (χ0) is 16.8. The summed E-state index contributed by atoms with van der Waals surface area (Å²) in [7, 11) is 2.10. The molecule has 24 heavy (non-hydrogen) atoms. The summed E-state index contributed by atoms with van der Waals surface area (Å²) >= 11 is 0. The molecule has 0 amide bonds. The van der Waals surface area contributed by atoms with Crippen molar-refractivity contribution < 1.29 is 0 Å². The number of nitrogens with zero attached hydrogens (tertiary/aromatic N) is 1. The average Bonchev–Trinajstić information content (AvgIpc) is 2.63. The fraction of sp³-hybridized carbons (Fsp3) is 0.130. The van der Waals surface area contributed by atoms with Gasteiger partial charge in [0.2, 0.25) is 0 Å². The molecule has 3 rings (SSSR count). The van der Waals surface area contributed by atoms with Crippen molar-refractivity contribution in [1.29, 1.82) is 0 Å². The van der Waals surface area contributed by atoms with E-state index in [9.17, 15) is 0 Å². The molecule has 0 saturated carbocycles. The van der Waals surface area contributed by atoms with E-state index < -0.39 is 0 Å². The van der Waals surface area contributed by atoms with Gasteiger partial charge < -0.3 is 4.90 Å². The van der Waals surface area contributed by atoms with Crippen LogP contribution in [-0.4, -0.2) is 7.05 Å². The Labute approximate surface area is 144 Å². The van der Waals surface area contributed by atoms with Crippen molar-refractivity contribution in [3.63, 3.8) is 0 Å². The normalized spacial score (nSPS) is 11.3. The number of para-hydroxylation sites is 1. The van der Waals surface area contributed by atoms with Gasteiger partial charge in [-0.3, -0.25) is 0 Å². The van der Waals surface area contributed by atoms with Crippen molar-refractivity contribution >= 4 is 17.5 Å². The molecule has 0 aliphatic carbocycles. The maximum Gasteiger partial charge on any atom is 0.0408 e. The Bertz CT molecular complexity index is 786. The van der Waals surface area contributed by atoms with Crippen molar-refractivity contribution in [1.82, 2.24) is 0 Å². The molecule has 0 N–H and O–H groups in total. The molecule has 0 bridgehead atoms. The Hall–Kier alpha value is -2.80. The van der Waals surface area contributed by atoms with Crippen LogP contribution in [0.5, 0.6) is 0 Å². The van der Waals surface area contributed by atoms with Gasteiger partial charge in [0.05, 0.1) is 0 Å². The van der Waals surface area contributed by atoms with Crippen LogP contribution in [-0.2, 0) is 6.42 Å². The zero-order valence-corrected chi connectivity index (χ0v) is 14.3. The van der Waals surface area contributed by atoms with E-state index in [1.54, 1.807) is 0 Å². The predicted molar refractivity (Wildman–Crippen MR) is 105 cm³/mol. The monoisotopic (exact) mass is 313 g/mol. The molecule has 0 radical (unpaired) electrons. The molecular formula is C23H23N. The van der Waals surface area contributed by atoms with Gasteiger partial charge in [-0.2, -0.15) is 0 Å². The summed E-state index contributed by atoms with van der Waals surface area (Å²) in [6, 6.07) is 29.7. The first-order chi connectivity index (χ1) is 11.7. The summed E-state index contributed by atoms with van der Waals surface area (Å²) in [5.41, 5.74) is 6.35. The van der Waals surface area contributed by atoms with E-state index in [4.69, 9.17) is 0 Å². The smallest absolute Gasteiger partial charge is 0.0408 e. The van der Waals surface area contributed by atoms with Gasteiger partial charge in [-0.15, -0.1) is 0 Å². The van der Waals surface area contributed by atoms with Crippen molar-refractivity contribution in [2.45, 2.75) is 13.3 Å². The molecular weight excluding hydrogens is 290 g/mol. The Balaban J connectivity index is 1.71. The van der Waals surface area contributed by atoms with Crippen LogP contribution < -0.4 is 4.90 Å². The number of anilines is 2. The lowest BCUT2D eigenvalue weighted by atomic mass is 10.0. The highest BCUT2D eigenvalue weighted by atomic mass is 15.1. The Kier molecular flexibility index (Phi) is 5.12. The fourth-order valence-electron chi connectivity index (χ4n) is 2.85. The van der Waals surface area contributed by atoms with Crippen LogP contribution in [0.2, 0.25) is 0 Å². The summed E-state index contributed by atoms with van der Waals surface area (Å²) in [6.07, 6.45) is 3.26. The van der Waals surface area contributed by atoms with E-state index in [1.807, 2.05) is 6.07 Å².